The van der Waals surface area contributed by atoms with E-state index in [0.29, 0.717) is 16.7 Å². The Morgan fingerprint density at radius 3 is 2.24 bits per heavy atom. The van der Waals surface area contributed by atoms with Gasteiger partial charge in [0.05, 0.1) is 0 Å². The van der Waals surface area contributed by atoms with Crippen LogP contribution in [-0.2, 0) is 0 Å². The molecule has 29 heavy (non-hydrogen) atoms. The monoisotopic (exact) mass is 404 g/mol. The summed E-state index contributed by atoms with van der Waals surface area (Å²) in [5.74, 6) is 6.11. The molecule has 4 fully saturated rings. The minimum atomic E-state index is -0.899. The fourth-order valence-corrected chi connectivity index (χ4v) is 9.43. The molecule has 0 nitrogen and oxygen atoms in total. The molecule has 0 amide bonds. The number of halogens is 1. The maximum absolute atomic E-state index is 14.8. The SMILES string of the molecule is CC(C)CCC[C@@H](C)[C@H]1CC[C@H]2[C@@H]3CC[C@H]4C[C@@](C)(F)CC[C@]4(C)[C@H]3CC[C@]12C. The van der Waals surface area contributed by atoms with Crippen LogP contribution in [0.25, 0.3) is 0 Å². The van der Waals surface area contributed by atoms with Crippen molar-refractivity contribution in [3.63, 3.8) is 0 Å². The van der Waals surface area contributed by atoms with Crippen molar-refractivity contribution in [3.8, 4) is 0 Å². The molecule has 0 aromatic heterocycles. The Morgan fingerprint density at radius 2 is 1.52 bits per heavy atom. The number of fused-ring (bicyclic) bond motifs is 5. The first-order valence-corrected chi connectivity index (χ1v) is 13.3. The second-order valence-corrected chi connectivity index (χ2v) is 13.3. The van der Waals surface area contributed by atoms with Gasteiger partial charge in [0.1, 0.15) is 5.67 Å². The summed E-state index contributed by atoms with van der Waals surface area (Å²) >= 11 is 0. The van der Waals surface area contributed by atoms with Gasteiger partial charge in [0, 0.05) is 0 Å². The summed E-state index contributed by atoms with van der Waals surface area (Å²) in [4.78, 5) is 0. The molecular weight excluding hydrogens is 355 g/mol. The van der Waals surface area contributed by atoms with Gasteiger partial charge in [0.25, 0.3) is 0 Å². The first kappa shape index (κ1) is 22.1. The first-order valence-electron chi connectivity index (χ1n) is 13.3. The van der Waals surface area contributed by atoms with Gasteiger partial charge in [-0.1, -0.05) is 53.9 Å². The van der Waals surface area contributed by atoms with E-state index in [4.69, 9.17) is 0 Å². The number of hydrogen-bond acceptors (Lipinski definition) is 0. The lowest BCUT2D eigenvalue weighted by molar-refractivity contribution is -0.134. The van der Waals surface area contributed by atoms with E-state index >= 15 is 0 Å². The molecule has 0 saturated heterocycles. The van der Waals surface area contributed by atoms with Gasteiger partial charge >= 0.3 is 0 Å². The van der Waals surface area contributed by atoms with Crippen molar-refractivity contribution in [1.29, 1.82) is 0 Å². The number of alkyl halides is 1. The molecule has 4 aliphatic rings. The summed E-state index contributed by atoms with van der Waals surface area (Å²) in [6.07, 6.45) is 15.6. The Kier molecular flexibility index (Phi) is 5.96. The van der Waals surface area contributed by atoms with Crippen LogP contribution in [0.2, 0.25) is 0 Å². The van der Waals surface area contributed by atoms with Crippen LogP contribution >= 0.6 is 0 Å². The van der Waals surface area contributed by atoms with E-state index in [-0.39, 0.29) is 0 Å². The molecule has 0 aromatic rings. The van der Waals surface area contributed by atoms with Crippen LogP contribution in [0.15, 0.2) is 0 Å². The lowest BCUT2D eigenvalue weighted by atomic mass is 9.44. The molecule has 0 aliphatic heterocycles. The van der Waals surface area contributed by atoms with Crippen molar-refractivity contribution in [2.75, 3.05) is 0 Å². The summed E-state index contributed by atoms with van der Waals surface area (Å²) in [6, 6.07) is 0. The maximum Gasteiger partial charge on any atom is 0.108 e. The van der Waals surface area contributed by atoms with Gasteiger partial charge < -0.3 is 0 Å². The molecule has 0 unspecified atom stereocenters. The largest absolute Gasteiger partial charge is 0.244 e. The molecule has 0 bridgehead atoms. The van der Waals surface area contributed by atoms with Gasteiger partial charge in [-0.25, -0.2) is 4.39 Å². The van der Waals surface area contributed by atoms with Crippen molar-refractivity contribution < 1.29 is 4.39 Å². The van der Waals surface area contributed by atoms with Crippen molar-refractivity contribution >= 4 is 0 Å². The zero-order valence-electron chi connectivity index (χ0n) is 20.4. The van der Waals surface area contributed by atoms with Gasteiger partial charge in [-0.2, -0.15) is 0 Å². The third-order valence-corrected chi connectivity index (χ3v) is 11.1. The molecule has 4 saturated carbocycles. The van der Waals surface area contributed by atoms with Crippen molar-refractivity contribution in [1.82, 2.24) is 0 Å². The van der Waals surface area contributed by atoms with Gasteiger partial charge in [-0.05, 0) is 117 Å². The van der Waals surface area contributed by atoms with Crippen LogP contribution in [-0.4, -0.2) is 5.67 Å². The van der Waals surface area contributed by atoms with Crippen LogP contribution in [0.1, 0.15) is 119 Å². The highest BCUT2D eigenvalue weighted by Gasteiger charge is 2.61. The molecule has 0 N–H and O–H groups in total. The molecule has 4 aliphatic carbocycles. The van der Waals surface area contributed by atoms with Crippen molar-refractivity contribution in [2.45, 2.75) is 124 Å². The normalized spacial score (nSPS) is 50.7. The van der Waals surface area contributed by atoms with Crippen LogP contribution in [0, 0.1) is 52.3 Å². The van der Waals surface area contributed by atoms with E-state index in [9.17, 15) is 4.39 Å². The highest BCUT2D eigenvalue weighted by atomic mass is 19.1. The van der Waals surface area contributed by atoms with E-state index in [1.165, 1.54) is 57.8 Å². The third-order valence-electron chi connectivity index (χ3n) is 11.1. The number of hydrogen-bond donors (Lipinski definition) is 0. The van der Waals surface area contributed by atoms with Crippen molar-refractivity contribution in [2.24, 2.45) is 52.3 Å². The summed E-state index contributed by atoms with van der Waals surface area (Å²) in [5, 5.41) is 0. The molecule has 0 spiro atoms. The molecule has 168 valence electrons. The molecular formula is C28H49F. The molecule has 4 rings (SSSR count). The van der Waals surface area contributed by atoms with Crippen LogP contribution in [0.5, 0.6) is 0 Å². The summed E-state index contributed by atoms with van der Waals surface area (Å²) in [5.41, 5.74) is 0.117. The minimum Gasteiger partial charge on any atom is -0.244 e. The second kappa shape index (κ2) is 7.81. The lowest BCUT2D eigenvalue weighted by Gasteiger charge is -2.62. The quantitative estimate of drug-likeness (QED) is 0.429. The standard InChI is InChI=1S/C28H49F/c1-19(2)8-7-9-20(3)23-12-13-24-22-11-10-21-18-26(4,29)16-17-27(21,5)25(22)14-15-28(23,24)6/h19-25H,7-18H2,1-6H3/t20-,21+,22+,23-,24+,25+,26+,27+,28-/m1/s1. The van der Waals surface area contributed by atoms with E-state index in [1.54, 1.807) is 0 Å². The predicted octanol–water partition coefficient (Wildman–Crippen LogP) is 8.84. The first-order chi connectivity index (χ1) is 13.6. The molecule has 0 radical (unpaired) electrons. The van der Waals surface area contributed by atoms with E-state index < -0.39 is 5.67 Å². The Bertz CT molecular complexity index is 579. The Hall–Kier alpha value is -0.0700. The zero-order chi connectivity index (χ0) is 21.0. The Labute approximate surface area is 181 Å². The van der Waals surface area contributed by atoms with Gasteiger partial charge in [0.15, 0.2) is 0 Å². The van der Waals surface area contributed by atoms with Crippen molar-refractivity contribution in [3.05, 3.63) is 0 Å². The highest BCUT2D eigenvalue weighted by molar-refractivity contribution is 5.10. The molecule has 9 atom stereocenters. The topological polar surface area (TPSA) is 0 Å². The fourth-order valence-electron chi connectivity index (χ4n) is 9.43. The average molecular weight is 405 g/mol. The van der Waals surface area contributed by atoms with Gasteiger partial charge in [-0.15, -0.1) is 0 Å². The molecule has 0 aromatic carbocycles. The van der Waals surface area contributed by atoms with Crippen LogP contribution in [0.3, 0.4) is 0 Å². The van der Waals surface area contributed by atoms with Gasteiger partial charge in [0.2, 0.25) is 0 Å². The van der Waals surface area contributed by atoms with Crippen LogP contribution < -0.4 is 0 Å². The summed E-state index contributed by atoms with van der Waals surface area (Å²) in [7, 11) is 0. The minimum absolute atomic E-state index is 0.427. The Morgan fingerprint density at radius 1 is 0.793 bits per heavy atom. The summed E-state index contributed by atoms with van der Waals surface area (Å²) < 4.78 is 14.8. The van der Waals surface area contributed by atoms with Gasteiger partial charge in [-0.3, -0.25) is 0 Å². The third kappa shape index (κ3) is 3.84. The van der Waals surface area contributed by atoms with E-state index in [1.807, 2.05) is 6.92 Å². The van der Waals surface area contributed by atoms with E-state index in [2.05, 4.69) is 34.6 Å². The predicted molar refractivity (Wildman–Crippen MR) is 123 cm³/mol. The van der Waals surface area contributed by atoms with E-state index in [0.717, 1.165) is 54.8 Å². The maximum atomic E-state index is 14.8. The fraction of sp³-hybridized carbons (Fsp3) is 1.00. The molecule has 1 heteroatoms. The molecule has 0 heterocycles. The highest BCUT2D eigenvalue weighted by Crippen LogP contribution is 2.69. The zero-order valence-corrected chi connectivity index (χ0v) is 20.4. The average Bonchev–Trinajstić information content (AvgIpc) is 2.99. The van der Waals surface area contributed by atoms with Crippen LogP contribution in [0.4, 0.5) is 4.39 Å². The Balaban J connectivity index is 1.46. The summed E-state index contributed by atoms with van der Waals surface area (Å²) in [6.45, 7) is 14.5. The second-order valence-electron chi connectivity index (χ2n) is 13.3. The lowest BCUT2D eigenvalue weighted by Crippen LogP contribution is -2.55. The smallest absolute Gasteiger partial charge is 0.108 e. The number of rotatable bonds is 5.